The summed E-state index contributed by atoms with van der Waals surface area (Å²) >= 11 is 0. The number of anilines is 2. The van der Waals surface area contributed by atoms with E-state index in [4.69, 9.17) is 20.7 Å². The number of amides is 1. The number of nitrogen functional groups attached to an aromatic ring is 1. The maximum Gasteiger partial charge on any atom is 0.272 e. The Balaban J connectivity index is 1.43. The number of aromatic nitrogens is 1. The maximum atomic E-state index is 13.3. The summed E-state index contributed by atoms with van der Waals surface area (Å²) in [5.74, 6) is 1.51. The van der Waals surface area contributed by atoms with Crippen LogP contribution in [0, 0.1) is 23.2 Å². The number of hydrogen-bond acceptors (Lipinski definition) is 6. The normalized spacial score (nSPS) is 20.2. The van der Waals surface area contributed by atoms with E-state index in [0.29, 0.717) is 41.1 Å². The molecule has 1 saturated carbocycles. The van der Waals surface area contributed by atoms with Crippen LogP contribution in [0.25, 0.3) is 22.0 Å². The molecule has 3 aromatic rings. The van der Waals surface area contributed by atoms with Gasteiger partial charge in [-0.2, -0.15) is 5.26 Å². The van der Waals surface area contributed by atoms with E-state index >= 15 is 0 Å². The van der Waals surface area contributed by atoms with Gasteiger partial charge in [0.15, 0.2) is 5.69 Å². The molecule has 2 aliphatic rings. The van der Waals surface area contributed by atoms with E-state index in [0.717, 1.165) is 41.3 Å². The summed E-state index contributed by atoms with van der Waals surface area (Å²) in [6, 6.07) is 15.6. The number of pyridine rings is 1. The van der Waals surface area contributed by atoms with Crippen LogP contribution < -0.4 is 21.1 Å². The number of nitrogens with zero attached hydrogens (tertiary/aromatic N) is 2. The number of carbonyl (C=O) groups is 1. The number of fused-ring (bicyclic) bond motifs is 2. The van der Waals surface area contributed by atoms with E-state index < -0.39 is 0 Å². The number of allylic oxidation sites excluding steroid dienone is 2. The Kier molecular flexibility index (Phi) is 6.81. The second kappa shape index (κ2) is 10.2. The quantitative estimate of drug-likeness (QED) is 0.273. The fraction of sp³-hybridized carbons (Fsp3) is 0.323. The molecule has 0 bridgehead atoms. The molecule has 2 aromatic carbocycles. The number of nitriles is 1. The van der Waals surface area contributed by atoms with E-state index in [9.17, 15) is 4.79 Å². The van der Waals surface area contributed by atoms with E-state index in [1.54, 1.807) is 18.7 Å². The molecule has 3 atom stereocenters. The highest BCUT2D eigenvalue weighted by molar-refractivity contribution is 6.00. The Labute approximate surface area is 223 Å². The minimum absolute atomic E-state index is 0.120. The molecule has 1 amide bonds. The van der Waals surface area contributed by atoms with Crippen LogP contribution in [0.4, 0.5) is 11.4 Å². The summed E-state index contributed by atoms with van der Waals surface area (Å²) in [6.45, 7) is 8.54. The third-order valence-electron chi connectivity index (χ3n) is 7.84. The monoisotopic (exact) mass is 507 g/mol. The lowest BCUT2D eigenvalue weighted by molar-refractivity contribution is 0.0913. The van der Waals surface area contributed by atoms with Crippen molar-refractivity contribution in [3.63, 3.8) is 0 Å². The number of carbonyl (C=O) groups excluding carboxylic acids is 1. The predicted molar refractivity (Wildman–Crippen MR) is 152 cm³/mol. The number of hydrogen-bond donors (Lipinski definition) is 3. The van der Waals surface area contributed by atoms with Crippen LogP contribution in [-0.2, 0) is 0 Å². The van der Waals surface area contributed by atoms with Crippen LogP contribution in [0.5, 0.6) is 5.75 Å². The molecule has 4 N–H and O–H groups in total. The summed E-state index contributed by atoms with van der Waals surface area (Å²) in [5.41, 5.74) is 12.6. The van der Waals surface area contributed by atoms with Crippen LogP contribution in [0.3, 0.4) is 0 Å². The van der Waals surface area contributed by atoms with Gasteiger partial charge < -0.3 is 21.1 Å². The van der Waals surface area contributed by atoms with Crippen molar-refractivity contribution in [2.75, 3.05) is 24.7 Å². The number of rotatable bonds is 7. The van der Waals surface area contributed by atoms with Gasteiger partial charge in [0.1, 0.15) is 5.75 Å². The Hall–Kier alpha value is -4.31. The SMILES string of the molecule is C=C(C#N)CNc1c(OC)ccc2ccc(-c3ccc(N)c(C(=O)NC4CC(C)C5=C(C)CC5C4)n3)cc12. The highest BCUT2D eigenvalue weighted by Crippen LogP contribution is 2.47. The maximum absolute atomic E-state index is 13.3. The van der Waals surface area contributed by atoms with Gasteiger partial charge in [-0.15, -0.1) is 0 Å². The third-order valence-corrected chi connectivity index (χ3v) is 7.84. The number of nitrogens with one attached hydrogen (secondary N) is 2. The number of benzene rings is 2. The van der Waals surface area contributed by atoms with Gasteiger partial charge in [0.25, 0.3) is 5.91 Å². The van der Waals surface area contributed by atoms with Crippen molar-refractivity contribution in [1.29, 1.82) is 5.26 Å². The second-order valence-electron chi connectivity index (χ2n) is 10.5. The second-order valence-corrected chi connectivity index (χ2v) is 10.5. The van der Waals surface area contributed by atoms with E-state index in [-0.39, 0.29) is 17.6 Å². The molecule has 1 heterocycles. The molecule has 194 valence electrons. The van der Waals surface area contributed by atoms with Gasteiger partial charge in [-0.1, -0.05) is 42.8 Å². The van der Waals surface area contributed by atoms with Gasteiger partial charge in [0.05, 0.1) is 30.2 Å². The first kappa shape index (κ1) is 25.3. The molecule has 0 spiro atoms. The van der Waals surface area contributed by atoms with Crippen molar-refractivity contribution < 1.29 is 9.53 Å². The standard InChI is InChI=1S/C31H33N5O2/c1-17(15-32)16-34-29-24-14-21(6-5-20(24)7-10-27(29)38-4)26-9-8-25(33)30(36-26)31(37)35-23-12-19(3)28-18(2)11-22(28)13-23/h5-10,14,19,22-23,34H,1,11-13,16,33H2,2-4H3,(H,35,37). The van der Waals surface area contributed by atoms with Crippen molar-refractivity contribution in [3.8, 4) is 23.1 Å². The zero-order valence-corrected chi connectivity index (χ0v) is 22.1. The van der Waals surface area contributed by atoms with Crippen LogP contribution in [0.1, 0.15) is 43.6 Å². The van der Waals surface area contributed by atoms with Crippen molar-refractivity contribution in [3.05, 3.63) is 71.5 Å². The lowest BCUT2D eigenvalue weighted by Crippen LogP contribution is -2.44. The molecule has 7 nitrogen and oxygen atoms in total. The molecule has 0 radical (unpaired) electrons. The molecule has 1 fully saturated rings. The highest BCUT2D eigenvalue weighted by atomic mass is 16.5. The van der Waals surface area contributed by atoms with Gasteiger partial charge in [-0.25, -0.2) is 4.98 Å². The molecule has 0 aliphatic heterocycles. The van der Waals surface area contributed by atoms with Crippen molar-refractivity contribution in [2.45, 2.75) is 39.2 Å². The first-order valence-corrected chi connectivity index (χ1v) is 13.0. The van der Waals surface area contributed by atoms with E-state index in [2.05, 4.69) is 37.1 Å². The fourth-order valence-electron chi connectivity index (χ4n) is 6.07. The average Bonchev–Trinajstić information content (AvgIpc) is 2.90. The molecule has 5 rings (SSSR count). The van der Waals surface area contributed by atoms with Crippen molar-refractivity contribution >= 4 is 28.1 Å². The Morgan fingerprint density at radius 3 is 2.74 bits per heavy atom. The van der Waals surface area contributed by atoms with Gasteiger partial charge in [-0.05, 0) is 67.7 Å². The zero-order chi connectivity index (χ0) is 27.0. The Bertz CT molecular complexity index is 1520. The topological polar surface area (TPSA) is 113 Å². The minimum Gasteiger partial charge on any atom is -0.495 e. The van der Waals surface area contributed by atoms with Crippen molar-refractivity contribution in [1.82, 2.24) is 10.3 Å². The molecule has 38 heavy (non-hydrogen) atoms. The molecular formula is C31H33N5O2. The van der Waals surface area contributed by atoms with Crippen molar-refractivity contribution in [2.24, 2.45) is 11.8 Å². The van der Waals surface area contributed by atoms with Crippen LogP contribution in [0.2, 0.25) is 0 Å². The summed E-state index contributed by atoms with van der Waals surface area (Å²) in [7, 11) is 1.61. The predicted octanol–water partition coefficient (Wildman–Crippen LogP) is 5.85. The first-order chi connectivity index (χ1) is 18.3. The zero-order valence-electron chi connectivity index (χ0n) is 22.1. The molecule has 0 saturated heterocycles. The van der Waals surface area contributed by atoms with Gasteiger partial charge in [-0.3, -0.25) is 4.79 Å². The van der Waals surface area contributed by atoms with E-state index in [1.807, 2.05) is 36.4 Å². The van der Waals surface area contributed by atoms with Crippen LogP contribution >= 0.6 is 0 Å². The van der Waals surface area contributed by atoms with Gasteiger partial charge >= 0.3 is 0 Å². The lowest BCUT2D eigenvalue weighted by atomic mass is 9.64. The number of methoxy groups -OCH3 is 1. The molecular weight excluding hydrogens is 474 g/mol. The van der Waals surface area contributed by atoms with Crippen LogP contribution in [0.15, 0.2) is 65.8 Å². The fourth-order valence-corrected chi connectivity index (χ4v) is 6.07. The first-order valence-electron chi connectivity index (χ1n) is 13.0. The van der Waals surface area contributed by atoms with Crippen LogP contribution in [-0.4, -0.2) is 30.6 Å². The minimum atomic E-state index is -0.232. The van der Waals surface area contributed by atoms with Gasteiger partial charge in [0.2, 0.25) is 0 Å². The number of ether oxygens (including phenoxy) is 1. The highest BCUT2D eigenvalue weighted by Gasteiger charge is 2.38. The Morgan fingerprint density at radius 1 is 1.24 bits per heavy atom. The van der Waals surface area contributed by atoms with Gasteiger partial charge in [0, 0.05) is 29.1 Å². The third kappa shape index (κ3) is 4.70. The Morgan fingerprint density at radius 2 is 2.03 bits per heavy atom. The summed E-state index contributed by atoms with van der Waals surface area (Å²) in [6.07, 6.45) is 3.05. The summed E-state index contributed by atoms with van der Waals surface area (Å²) < 4.78 is 5.57. The van der Waals surface area contributed by atoms with E-state index in [1.165, 1.54) is 5.57 Å². The molecule has 3 unspecified atom stereocenters. The summed E-state index contributed by atoms with van der Waals surface area (Å²) in [4.78, 5) is 18.0. The average molecular weight is 508 g/mol. The molecule has 7 heteroatoms. The smallest absolute Gasteiger partial charge is 0.272 e. The lowest BCUT2D eigenvalue weighted by Gasteiger charge is -2.44. The number of nitrogens with two attached hydrogens (primary N) is 1. The summed E-state index contributed by atoms with van der Waals surface area (Å²) in [5, 5.41) is 17.5. The molecule has 1 aromatic heterocycles. The largest absolute Gasteiger partial charge is 0.495 e. The molecule has 2 aliphatic carbocycles.